The molecule has 0 radical (unpaired) electrons. The van der Waals surface area contributed by atoms with Crippen LogP contribution in [0.2, 0.25) is 0 Å². The van der Waals surface area contributed by atoms with Crippen molar-refractivity contribution < 1.29 is 17.9 Å². The highest BCUT2D eigenvalue weighted by Crippen LogP contribution is 2.41. The van der Waals surface area contributed by atoms with Gasteiger partial charge in [0.15, 0.2) is 4.90 Å². The van der Waals surface area contributed by atoms with Crippen LogP contribution in [0, 0.1) is 5.92 Å². The number of ether oxygens (including phenoxy) is 1. The number of urea groups is 1. The Bertz CT molecular complexity index is 1160. The normalized spacial score (nSPS) is 21.7. The zero-order valence-electron chi connectivity index (χ0n) is 17.3. The monoisotopic (exact) mass is 446 g/mol. The van der Waals surface area contributed by atoms with E-state index in [4.69, 9.17) is 15.5 Å². The van der Waals surface area contributed by atoms with Crippen LogP contribution in [0.5, 0.6) is 5.88 Å². The SMILES string of the molecule is CC1CCc2c1nc1c(c2NC(=O)NS(=O)(=O)c2cnn3c2OCC(CN)C3)CCC1. The smallest absolute Gasteiger partial charge is 0.333 e. The number of pyridine rings is 1. The summed E-state index contributed by atoms with van der Waals surface area (Å²) in [6.45, 7) is 3.33. The third kappa shape index (κ3) is 3.45. The van der Waals surface area contributed by atoms with Crippen molar-refractivity contribution in [3.05, 3.63) is 28.7 Å². The molecule has 5 rings (SSSR count). The third-order valence-electron chi connectivity index (χ3n) is 6.39. The number of aromatic nitrogens is 3. The summed E-state index contributed by atoms with van der Waals surface area (Å²) in [6.07, 6.45) is 5.70. The zero-order chi connectivity index (χ0) is 21.8. The molecule has 4 N–H and O–H groups in total. The summed E-state index contributed by atoms with van der Waals surface area (Å²) in [4.78, 5) is 17.4. The number of hydrogen-bond acceptors (Lipinski definition) is 7. The molecule has 2 unspecified atom stereocenters. The highest BCUT2D eigenvalue weighted by atomic mass is 32.2. The molecule has 3 aliphatic rings. The topological polar surface area (TPSA) is 141 Å². The van der Waals surface area contributed by atoms with Gasteiger partial charge in [-0.15, -0.1) is 0 Å². The van der Waals surface area contributed by atoms with Crippen LogP contribution in [0.3, 0.4) is 0 Å². The van der Waals surface area contributed by atoms with Crippen LogP contribution >= 0.6 is 0 Å². The molecule has 0 aromatic carbocycles. The van der Waals surface area contributed by atoms with Crippen LogP contribution in [0.1, 0.15) is 48.2 Å². The van der Waals surface area contributed by atoms with E-state index < -0.39 is 16.1 Å². The number of fused-ring (bicyclic) bond motifs is 3. The fraction of sp³-hybridized carbons (Fsp3) is 0.550. The Balaban J connectivity index is 1.39. The highest BCUT2D eigenvalue weighted by molar-refractivity contribution is 7.90. The van der Waals surface area contributed by atoms with Crippen molar-refractivity contribution in [1.29, 1.82) is 0 Å². The molecule has 0 fully saturated rings. The Labute approximate surface area is 180 Å². The molecule has 1 aliphatic heterocycles. The summed E-state index contributed by atoms with van der Waals surface area (Å²) in [5.41, 5.74) is 10.5. The van der Waals surface area contributed by atoms with Crippen molar-refractivity contribution in [3.63, 3.8) is 0 Å². The Morgan fingerprint density at radius 3 is 2.97 bits per heavy atom. The van der Waals surface area contributed by atoms with Crippen molar-refractivity contribution in [2.24, 2.45) is 11.7 Å². The first kappa shape index (κ1) is 20.3. The number of aryl methyl sites for hydroxylation is 1. The Morgan fingerprint density at radius 2 is 2.16 bits per heavy atom. The van der Waals surface area contributed by atoms with Gasteiger partial charge < -0.3 is 15.8 Å². The van der Waals surface area contributed by atoms with Crippen LogP contribution in [0.25, 0.3) is 0 Å². The van der Waals surface area contributed by atoms with E-state index in [-0.39, 0.29) is 16.7 Å². The third-order valence-corrected chi connectivity index (χ3v) is 7.70. The van der Waals surface area contributed by atoms with E-state index in [1.54, 1.807) is 0 Å². The second-order valence-corrected chi connectivity index (χ2v) is 10.2. The Hall–Kier alpha value is -2.66. The molecule has 3 heterocycles. The minimum Gasteiger partial charge on any atom is -0.476 e. The van der Waals surface area contributed by atoms with Crippen molar-refractivity contribution in [2.75, 3.05) is 18.5 Å². The molecule has 10 nitrogen and oxygen atoms in total. The first-order chi connectivity index (χ1) is 14.9. The van der Waals surface area contributed by atoms with Crippen molar-refractivity contribution in [3.8, 4) is 5.88 Å². The van der Waals surface area contributed by atoms with E-state index in [1.807, 2.05) is 0 Å². The number of sulfonamides is 1. The molecule has 2 aliphatic carbocycles. The van der Waals surface area contributed by atoms with Gasteiger partial charge in [-0.25, -0.2) is 22.6 Å². The molecule has 11 heteroatoms. The van der Waals surface area contributed by atoms with Crippen LogP contribution in [-0.4, -0.2) is 42.4 Å². The minimum absolute atomic E-state index is 0.0671. The fourth-order valence-corrected chi connectivity index (χ4v) is 5.71. The molecule has 31 heavy (non-hydrogen) atoms. The quantitative estimate of drug-likeness (QED) is 0.642. The van der Waals surface area contributed by atoms with Crippen LogP contribution < -0.4 is 20.5 Å². The maximum Gasteiger partial charge on any atom is 0.333 e. The van der Waals surface area contributed by atoms with Gasteiger partial charge >= 0.3 is 6.03 Å². The second-order valence-electron chi connectivity index (χ2n) is 8.54. The molecule has 2 aromatic heterocycles. The molecule has 0 spiro atoms. The van der Waals surface area contributed by atoms with E-state index in [2.05, 4.69) is 22.1 Å². The average molecular weight is 447 g/mol. The molecule has 0 saturated heterocycles. The van der Waals surface area contributed by atoms with Gasteiger partial charge in [0, 0.05) is 23.9 Å². The average Bonchev–Trinajstić information content (AvgIpc) is 3.45. The summed E-state index contributed by atoms with van der Waals surface area (Å²) < 4.78 is 35.0. The lowest BCUT2D eigenvalue weighted by atomic mass is 10.0. The lowest BCUT2D eigenvalue weighted by molar-refractivity contribution is 0.164. The lowest BCUT2D eigenvalue weighted by Crippen LogP contribution is -2.36. The van der Waals surface area contributed by atoms with Gasteiger partial charge in [0.05, 0.1) is 25.0 Å². The van der Waals surface area contributed by atoms with Gasteiger partial charge in [-0.2, -0.15) is 5.10 Å². The molecule has 166 valence electrons. The molecule has 2 amide bonds. The molecule has 2 atom stereocenters. The molecule has 2 aromatic rings. The first-order valence-corrected chi connectivity index (χ1v) is 12.1. The Kier molecular flexibility index (Phi) is 4.89. The van der Waals surface area contributed by atoms with Crippen molar-refractivity contribution >= 4 is 21.7 Å². The summed E-state index contributed by atoms with van der Waals surface area (Å²) >= 11 is 0. The van der Waals surface area contributed by atoms with Crippen molar-refractivity contribution in [2.45, 2.75) is 56.4 Å². The van der Waals surface area contributed by atoms with Gasteiger partial charge in [-0.3, -0.25) is 4.98 Å². The maximum atomic E-state index is 12.9. The molecular weight excluding hydrogens is 420 g/mol. The van der Waals surface area contributed by atoms with Gasteiger partial charge in [-0.05, 0) is 49.1 Å². The van der Waals surface area contributed by atoms with E-state index in [0.717, 1.165) is 60.3 Å². The highest BCUT2D eigenvalue weighted by Gasteiger charge is 2.33. The summed E-state index contributed by atoms with van der Waals surface area (Å²) in [6, 6.07) is -0.794. The predicted molar refractivity (Wildman–Crippen MR) is 113 cm³/mol. The molecule has 0 bridgehead atoms. The van der Waals surface area contributed by atoms with E-state index in [1.165, 1.54) is 10.9 Å². The van der Waals surface area contributed by atoms with E-state index >= 15 is 0 Å². The molecule has 0 saturated carbocycles. The van der Waals surface area contributed by atoms with Crippen LogP contribution in [0.4, 0.5) is 10.5 Å². The van der Waals surface area contributed by atoms with Crippen LogP contribution in [0.15, 0.2) is 11.1 Å². The van der Waals surface area contributed by atoms with Gasteiger partial charge in [-0.1, -0.05) is 6.92 Å². The Morgan fingerprint density at radius 1 is 1.32 bits per heavy atom. The fourth-order valence-electron chi connectivity index (χ4n) is 4.72. The van der Waals surface area contributed by atoms with Crippen molar-refractivity contribution in [1.82, 2.24) is 19.5 Å². The first-order valence-electron chi connectivity index (χ1n) is 10.6. The predicted octanol–water partition coefficient (Wildman–Crippen LogP) is 1.29. The number of nitrogens with two attached hydrogens (primary N) is 1. The van der Waals surface area contributed by atoms with Crippen LogP contribution in [-0.2, 0) is 35.8 Å². The maximum absolute atomic E-state index is 12.9. The lowest BCUT2D eigenvalue weighted by Gasteiger charge is -2.23. The minimum atomic E-state index is -4.16. The number of nitrogens with zero attached hydrogens (tertiary/aromatic N) is 3. The standard InChI is InChI=1S/C20H26N6O4S/c1-11-5-6-14-17(11)23-15-4-2-3-13(15)18(14)24-20(27)25-31(28,29)16-8-22-26-9-12(7-21)10-30-19(16)26/h8,11-12H,2-7,9-10,21H2,1H3,(H2,23,24,25,27). The largest absolute Gasteiger partial charge is 0.476 e. The number of carbonyl (C=O) groups is 1. The van der Waals surface area contributed by atoms with E-state index in [0.29, 0.717) is 25.6 Å². The number of nitrogens with one attached hydrogen (secondary N) is 2. The molecular formula is C20H26N6O4S. The number of carbonyl (C=O) groups excluding carboxylic acids is 1. The number of anilines is 1. The second kappa shape index (κ2) is 7.49. The van der Waals surface area contributed by atoms with E-state index in [9.17, 15) is 13.2 Å². The number of amides is 2. The van der Waals surface area contributed by atoms with Gasteiger partial charge in [0.2, 0.25) is 5.88 Å². The van der Waals surface area contributed by atoms with Gasteiger partial charge in [0.1, 0.15) is 0 Å². The number of rotatable bonds is 4. The summed E-state index contributed by atoms with van der Waals surface area (Å²) in [7, 11) is -4.16. The van der Waals surface area contributed by atoms with Gasteiger partial charge in [0.25, 0.3) is 10.0 Å². The number of hydrogen-bond donors (Lipinski definition) is 3. The summed E-state index contributed by atoms with van der Waals surface area (Å²) in [5.74, 6) is 0.531. The zero-order valence-corrected chi connectivity index (χ0v) is 18.2. The summed E-state index contributed by atoms with van der Waals surface area (Å²) in [5, 5.41) is 6.92.